The average molecular weight is 205 g/mol. The predicted octanol–water partition coefficient (Wildman–Crippen LogP) is 1.41. The number of aliphatic hydroxyl groups is 1. The van der Waals surface area contributed by atoms with Gasteiger partial charge >= 0.3 is 0 Å². The maximum Gasteiger partial charge on any atom is 0.254 e. The summed E-state index contributed by atoms with van der Waals surface area (Å²) >= 11 is 0. The van der Waals surface area contributed by atoms with Gasteiger partial charge in [0, 0.05) is 18.7 Å². The van der Waals surface area contributed by atoms with Crippen molar-refractivity contribution in [2.75, 3.05) is 6.54 Å². The maximum absolute atomic E-state index is 11.9. The Hall–Kier alpha value is -1.35. The molecule has 0 atom stereocenters. The van der Waals surface area contributed by atoms with Crippen molar-refractivity contribution in [1.82, 2.24) is 4.90 Å². The molecule has 0 saturated carbocycles. The molecule has 3 nitrogen and oxygen atoms in total. The summed E-state index contributed by atoms with van der Waals surface area (Å²) in [6.07, 6.45) is 0. The Morgan fingerprint density at radius 1 is 1.40 bits per heavy atom. The Morgan fingerprint density at radius 2 is 2.07 bits per heavy atom. The summed E-state index contributed by atoms with van der Waals surface area (Å²) in [5.74, 6) is 0.0210. The van der Waals surface area contributed by atoms with Gasteiger partial charge in [-0.2, -0.15) is 0 Å². The highest BCUT2D eigenvalue weighted by molar-refractivity contribution is 5.98. The molecule has 1 amide bonds. The van der Waals surface area contributed by atoms with Crippen LogP contribution in [-0.4, -0.2) is 28.1 Å². The topological polar surface area (TPSA) is 40.5 Å². The molecule has 1 N–H and O–H groups in total. The van der Waals surface area contributed by atoms with Gasteiger partial charge in [-0.3, -0.25) is 4.79 Å². The number of carbonyl (C=O) groups excluding carboxylic acids is 1. The molecule has 1 aromatic carbocycles. The smallest absolute Gasteiger partial charge is 0.254 e. The summed E-state index contributed by atoms with van der Waals surface area (Å²) in [5, 5.41) is 9.68. The second-order valence-corrected chi connectivity index (χ2v) is 4.63. The molecule has 0 fully saturated rings. The van der Waals surface area contributed by atoms with Crippen molar-refractivity contribution in [2.45, 2.75) is 26.0 Å². The second kappa shape index (κ2) is 3.35. The molecule has 0 spiro atoms. The van der Waals surface area contributed by atoms with Crippen LogP contribution in [0.3, 0.4) is 0 Å². The maximum atomic E-state index is 11.9. The fourth-order valence-corrected chi connectivity index (χ4v) is 1.91. The van der Waals surface area contributed by atoms with E-state index in [1.165, 1.54) is 0 Å². The van der Waals surface area contributed by atoms with E-state index < -0.39 is 5.60 Å². The Labute approximate surface area is 89.3 Å². The molecule has 1 heterocycles. The summed E-state index contributed by atoms with van der Waals surface area (Å²) < 4.78 is 0. The van der Waals surface area contributed by atoms with Crippen LogP contribution in [0.1, 0.15) is 29.8 Å². The highest BCUT2D eigenvalue weighted by atomic mass is 16.3. The lowest BCUT2D eigenvalue weighted by molar-refractivity contribution is 0.0314. The zero-order chi connectivity index (χ0) is 11.1. The molecular formula is C12H15NO2. The summed E-state index contributed by atoms with van der Waals surface area (Å²) in [6, 6.07) is 7.59. The first-order valence-electron chi connectivity index (χ1n) is 5.07. The molecule has 0 radical (unpaired) electrons. The summed E-state index contributed by atoms with van der Waals surface area (Å²) in [7, 11) is 0. The van der Waals surface area contributed by atoms with Crippen LogP contribution < -0.4 is 0 Å². The van der Waals surface area contributed by atoms with Crippen molar-refractivity contribution >= 4 is 5.91 Å². The highest BCUT2D eigenvalue weighted by Gasteiger charge is 2.30. The zero-order valence-corrected chi connectivity index (χ0v) is 9.03. The highest BCUT2D eigenvalue weighted by Crippen LogP contribution is 2.23. The molecule has 1 aliphatic rings. The minimum atomic E-state index is -0.836. The van der Waals surface area contributed by atoms with Gasteiger partial charge in [-0.15, -0.1) is 0 Å². The summed E-state index contributed by atoms with van der Waals surface area (Å²) in [4.78, 5) is 13.6. The first-order valence-corrected chi connectivity index (χ1v) is 5.07. The molecule has 2 rings (SSSR count). The van der Waals surface area contributed by atoms with Crippen LogP contribution in [0.15, 0.2) is 24.3 Å². The van der Waals surface area contributed by atoms with Crippen molar-refractivity contribution in [1.29, 1.82) is 0 Å². The monoisotopic (exact) mass is 205 g/mol. The normalized spacial score (nSPS) is 15.7. The SMILES string of the molecule is CC(C)(O)CN1Cc2ccccc2C1=O. The lowest BCUT2D eigenvalue weighted by atomic mass is 10.1. The van der Waals surface area contributed by atoms with E-state index in [1.54, 1.807) is 18.7 Å². The van der Waals surface area contributed by atoms with Gasteiger partial charge in [-0.25, -0.2) is 0 Å². The fraction of sp³-hybridized carbons (Fsp3) is 0.417. The average Bonchev–Trinajstić information content (AvgIpc) is 2.42. The predicted molar refractivity (Wildman–Crippen MR) is 57.5 cm³/mol. The van der Waals surface area contributed by atoms with Gasteiger partial charge in [-0.1, -0.05) is 18.2 Å². The Balaban J connectivity index is 2.21. The Bertz CT molecular complexity index is 393. The number of β-amino-alcohol motifs (C(OH)–C–C–N with tert-alkyl or cyclic N) is 1. The molecule has 0 saturated heterocycles. The van der Waals surface area contributed by atoms with Crippen molar-refractivity contribution in [2.24, 2.45) is 0 Å². The lowest BCUT2D eigenvalue weighted by Crippen LogP contribution is -2.38. The number of carbonyl (C=O) groups is 1. The van der Waals surface area contributed by atoms with Crippen LogP contribution in [0.4, 0.5) is 0 Å². The molecule has 0 aliphatic carbocycles. The van der Waals surface area contributed by atoms with Crippen LogP contribution in [0.5, 0.6) is 0 Å². The third kappa shape index (κ3) is 2.02. The zero-order valence-electron chi connectivity index (χ0n) is 9.03. The van der Waals surface area contributed by atoms with Crippen molar-refractivity contribution in [3.05, 3.63) is 35.4 Å². The third-order valence-electron chi connectivity index (χ3n) is 2.47. The molecule has 1 aliphatic heterocycles. The summed E-state index contributed by atoms with van der Waals surface area (Å²) in [5.41, 5.74) is 0.978. The number of hydrogen-bond donors (Lipinski definition) is 1. The van der Waals surface area contributed by atoms with E-state index in [4.69, 9.17) is 0 Å². The molecule has 0 unspecified atom stereocenters. The van der Waals surface area contributed by atoms with Gasteiger partial charge in [0.25, 0.3) is 5.91 Å². The largest absolute Gasteiger partial charge is 0.389 e. The van der Waals surface area contributed by atoms with Crippen LogP contribution in [0.2, 0.25) is 0 Å². The first-order chi connectivity index (χ1) is 6.97. The molecule has 80 valence electrons. The minimum Gasteiger partial charge on any atom is -0.389 e. The molecule has 1 aromatic rings. The van der Waals surface area contributed by atoms with Gasteiger partial charge in [-0.05, 0) is 25.5 Å². The van der Waals surface area contributed by atoms with E-state index in [0.29, 0.717) is 13.1 Å². The van der Waals surface area contributed by atoms with Gasteiger partial charge in [0.05, 0.1) is 5.60 Å². The van der Waals surface area contributed by atoms with E-state index in [2.05, 4.69) is 0 Å². The van der Waals surface area contributed by atoms with Crippen molar-refractivity contribution in [3.8, 4) is 0 Å². The van der Waals surface area contributed by atoms with E-state index in [0.717, 1.165) is 11.1 Å². The summed E-state index contributed by atoms with van der Waals surface area (Å²) in [6.45, 7) is 4.41. The van der Waals surface area contributed by atoms with E-state index >= 15 is 0 Å². The van der Waals surface area contributed by atoms with Gasteiger partial charge in [0.15, 0.2) is 0 Å². The van der Waals surface area contributed by atoms with Gasteiger partial charge in [0.2, 0.25) is 0 Å². The van der Waals surface area contributed by atoms with Crippen LogP contribution in [-0.2, 0) is 6.54 Å². The quantitative estimate of drug-likeness (QED) is 0.793. The van der Waals surface area contributed by atoms with Crippen molar-refractivity contribution < 1.29 is 9.90 Å². The third-order valence-corrected chi connectivity index (χ3v) is 2.47. The second-order valence-electron chi connectivity index (χ2n) is 4.63. The van der Waals surface area contributed by atoms with Crippen molar-refractivity contribution in [3.63, 3.8) is 0 Å². The molecule has 15 heavy (non-hydrogen) atoms. The van der Waals surface area contributed by atoms with Gasteiger partial charge < -0.3 is 10.0 Å². The number of hydrogen-bond acceptors (Lipinski definition) is 2. The standard InChI is InChI=1S/C12H15NO2/c1-12(2,15)8-13-7-9-5-3-4-6-10(9)11(13)14/h3-6,15H,7-8H2,1-2H3. The van der Waals surface area contributed by atoms with Crippen LogP contribution in [0.25, 0.3) is 0 Å². The number of fused-ring (bicyclic) bond motifs is 1. The van der Waals surface area contributed by atoms with E-state index in [-0.39, 0.29) is 5.91 Å². The molecular weight excluding hydrogens is 190 g/mol. The van der Waals surface area contributed by atoms with Crippen LogP contribution in [0, 0.1) is 0 Å². The number of benzene rings is 1. The van der Waals surface area contributed by atoms with Crippen LogP contribution >= 0.6 is 0 Å². The molecule has 0 bridgehead atoms. The van der Waals surface area contributed by atoms with Gasteiger partial charge in [0.1, 0.15) is 0 Å². The van der Waals surface area contributed by atoms with E-state index in [1.807, 2.05) is 24.3 Å². The fourth-order valence-electron chi connectivity index (χ4n) is 1.91. The number of rotatable bonds is 2. The lowest BCUT2D eigenvalue weighted by Gasteiger charge is -2.24. The first kappa shape index (κ1) is 10.2. The Kier molecular flexibility index (Phi) is 2.27. The number of amides is 1. The Morgan fingerprint density at radius 3 is 2.67 bits per heavy atom. The molecule has 0 aromatic heterocycles. The van der Waals surface area contributed by atoms with E-state index in [9.17, 15) is 9.90 Å². The molecule has 3 heteroatoms. The minimum absolute atomic E-state index is 0.0210. The number of nitrogens with zero attached hydrogens (tertiary/aromatic N) is 1.